The van der Waals surface area contributed by atoms with Gasteiger partial charge in [0.2, 0.25) is 0 Å². The van der Waals surface area contributed by atoms with Gasteiger partial charge in [0, 0.05) is 0 Å². The number of hydrogen-bond acceptors (Lipinski definition) is 3. The Bertz CT molecular complexity index is 499. The maximum atomic E-state index is 13.4. The second-order valence-corrected chi connectivity index (χ2v) is 3.74. The molecule has 0 aliphatic rings. The highest BCUT2D eigenvalue weighted by molar-refractivity contribution is 6.33. The molecule has 0 aliphatic heterocycles. The van der Waals surface area contributed by atoms with Crippen LogP contribution in [0.3, 0.4) is 0 Å². The molecule has 2 rings (SSSR count). The number of nitrogens with one attached hydrogen (secondary N) is 1. The van der Waals surface area contributed by atoms with Gasteiger partial charge in [-0.3, -0.25) is 4.98 Å². The maximum absolute atomic E-state index is 13.4. The molecule has 0 spiro atoms. The van der Waals surface area contributed by atoms with E-state index in [9.17, 15) is 4.39 Å². The Labute approximate surface area is 101 Å². The van der Waals surface area contributed by atoms with Crippen molar-refractivity contribution < 1.29 is 4.39 Å². The lowest BCUT2D eigenvalue weighted by Gasteiger charge is -2.07. The van der Waals surface area contributed by atoms with Gasteiger partial charge < -0.3 is 5.32 Å². The third kappa shape index (κ3) is 2.40. The van der Waals surface area contributed by atoms with Gasteiger partial charge in [0.1, 0.15) is 11.0 Å². The van der Waals surface area contributed by atoms with Crippen molar-refractivity contribution in [3.8, 4) is 0 Å². The molecule has 0 amide bonds. The summed E-state index contributed by atoms with van der Waals surface area (Å²) in [5, 5.41) is 3.20. The summed E-state index contributed by atoms with van der Waals surface area (Å²) in [5.74, 6) is -0.131. The summed E-state index contributed by atoms with van der Waals surface area (Å²) in [6.45, 7) is 0. The van der Waals surface area contributed by atoms with Crippen LogP contribution in [0.4, 0.5) is 15.9 Å². The number of aromatic nitrogens is 2. The number of rotatable bonds is 2. The lowest BCUT2D eigenvalue weighted by Crippen LogP contribution is -1.97. The summed E-state index contributed by atoms with van der Waals surface area (Å²) < 4.78 is 13.4. The van der Waals surface area contributed by atoms with E-state index in [1.165, 1.54) is 24.5 Å². The molecule has 0 radical (unpaired) electrons. The topological polar surface area (TPSA) is 37.8 Å². The second-order valence-electron chi connectivity index (χ2n) is 2.95. The van der Waals surface area contributed by atoms with E-state index in [2.05, 4.69) is 15.3 Å². The minimum atomic E-state index is -0.464. The van der Waals surface area contributed by atoms with Gasteiger partial charge in [-0.25, -0.2) is 9.37 Å². The highest BCUT2D eigenvalue weighted by atomic mass is 35.5. The van der Waals surface area contributed by atoms with Gasteiger partial charge in [0.05, 0.1) is 23.1 Å². The van der Waals surface area contributed by atoms with Gasteiger partial charge in [0.25, 0.3) is 0 Å². The van der Waals surface area contributed by atoms with Crippen LogP contribution in [0.25, 0.3) is 0 Å². The Morgan fingerprint density at radius 1 is 1.19 bits per heavy atom. The maximum Gasteiger partial charge on any atom is 0.150 e. The van der Waals surface area contributed by atoms with Crippen LogP contribution >= 0.6 is 23.2 Å². The molecule has 1 heterocycles. The van der Waals surface area contributed by atoms with Crippen molar-refractivity contribution in [2.24, 2.45) is 0 Å². The molecular formula is C10H6Cl2FN3. The summed E-state index contributed by atoms with van der Waals surface area (Å²) in [6, 6.07) is 4.39. The minimum Gasteiger partial charge on any atom is -0.335 e. The van der Waals surface area contributed by atoms with Crippen LogP contribution in [0.2, 0.25) is 10.2 Å². The third-order valence-corrected chi connectivity index (χ3v) is 2.32. The van der Waals surface area contributed by atoms with Crippen molar-refractivity contribution in [3.63, 3.8) is 0 Å². The van der Waals surface area contributed by atoms with Gasteiger partial charge in [-0.2, -0.15) is 0 Å². The fraction of sp³-hybridized carbons (Fsp3) is 0. The molecule has 0 atom stereocenters. The van der Waals surface area contributed by atoms with E-state index in [1.807, 2.05) is 0 Å². The highest BCUT2D eigenvalue weighted by Crippen LogP contribution is 2.27. The standard InChI is InChI=1S/C10H6Cl2FN3/c11-6-2-1-3-7(13)10(6)16-9-5-14-4-8(12)15-9/h1-5H,(H,15,16). The normalized spacial score (nSPS) is 10.2. The largest absolute Gasteiger partial charge is 0.335 e. The number of benzene rings is 1. The summed E-state index contributed by atoms with van der Waals surface area (Å²) >= 11 is 11.5. The molecule has 3 nitrogen and oxygen atoms in total. The zero-order valence-electron chi connectivity index (χ0n) is 7.92. The molecule has 1 aromatic heterocycles. The zero-order valence-corrected chi connectivity index (χ0v) is 9.43. The SMILES string of the molecule is Fc1cccc(Cl)c1Nc1cncc(Cl)n1. The average molecular weight is 258 g/mol. The lowest BCUT2D eigenvalue weighted by molar-refractivity contribution is 0.632. The molecule has 6 heteroatoms. The number of para-hydroxylation sites is 1. The van der Waals surface area contributed by atoms with Crippen LogP contribution in [0.1, 0.15) is 0 Å². The van der Waals surface area contributed by atoms with E-state index in [0.29, 0.717) is 5.82 Å². The summed E-state index contributed by atoms with van der Waals surface area (Å²) in [6.07, 6.45) is 2.81. The van der Waals surface area contributed by atoms with Crippen LogP contribution in [0, 0.1) is 5.82 Å². The Kier molecular flexibility index (Phi) is 3.22. The van der Waals surface area contributed by atoms with Crippen LogP contribution < -0.4 is 5.32 Å². The smallest absolute Gasteiger partial charge is 0.150 e. The first-order chi connectivity index (χ1) is 7.66. The molecule has 0 saturated heterocycles. The van der Waals surface area contributed by atoms with E-state index in [-0.39, 0.29) is 15.9 Å². The molecule has 0 unspecified atom stereocenters. The fourth-order valence-corrected chi connectivity index (χ4v) is 1.51. The summed E-state index contributed by atoms with van der Waals surface area (Å²) in [4.78, 5) is 7.73. The van der Waals surface area contributed by atoms with Crippen LogP contribution in [-0.2, 0) is 0 Å². The van der Waals surface area contributed by atoms with Crippen molar-refractivity contribution in [1.29, 1.82) is 0 Å². The predicted molar refractivity (Wildman–Crippen MR) is 61.7 cm³/mol. The first-order valence-corrected chi connectivity index (χ1v) is 5.11. The quantitative estimate of drug-likeness (QED) is 0.893. The van der Waals surface area contributed by atoms with Gasteiger partial charge in [-0.15, -0.1) is 0 Å². The number of hydrogen-bond donors (Lipinski definition) is 1. The molecule has 0 saturated carbocycles. The molecule has 0 fully saturated rings. The van der Waals surface area contributed by atoms with Gasteiger partial charge in [-0.05, 0) is 12.1 Å². The van der Waals surface area contributed by atoms with Crippen LogP contribution in [-0.4, -0.2) is 9.97 Å². The van der Waals surface area contributed by atoms with Crippen molar-refractivity contribution >= 4 is 34.7 Å². The molecule has 16 heavy (non-hydrogen) atoms. The molecule has 0 aliphatic carbocycles. The van der Waals surface area contributed by atoms with Crippen LogP contribution in [0.5, 0.6) is 0 Å². The van der Waals surface area contributed by atoms with E-state index in [4.69, 9.17) is 23.2 Å². The summed E-state index contributed by atoms with van der Waals surface area (Å²) in [7, 11) is 0. The number of halogens is 3. The van der Waals surface area contributed by atoms with Gasteiger partial charge in [-0.1, -0.05) is 29.3 Å². The van der Waals surface area contributed by atoms with Crippen LogP contribution in [0.15, 0.2) is 30.6 Å². The monoisotopic (exact) mass is 257 g/mol. The second kappa shape index (κ2) is 4.63. The first kappa shape index (κ1) is 11.1. The van der Waals surface area contributed by atoms with Gasteiger partial charge >= 0.3 is 0 Å². The highest BCUT2D eigenvalue weighted by Gasteiger charge is 2.07. The van der Waals surface area contributed by atoms with Crippen molar-refractivity contribution in [3.05, 3.63) is 46.6 Å². The molecule has 2 aromatic rings. The Morgan fingerprint density at radius 3 is 2.69 bits per heavy atom. The van der Waals surface area contributed by atoms with E-state index in [0.717, 1.165) is 0 Å². The van der Waals surface area contributed by atoms with Crippen molar-refractivity contribution in [1.82, 2.24) is 9.97 Å². The Morgan fingerprint density at radius 2 is 2.00 bits per heavy atom. The zero-order chi connectivity index (χ0) is 11.5. The predicted octanol–water partition coefficient (Wildman–Crippen LogP) is 3.67. The molecule has 1 N–H and O–H groups in total. The van der Waals surface area contributed by atoms with E-state index >= 15 is 0 Å². The molecule has 0 bridgehead atoms. The Balaban J connectivity index is 2.34. The summed E-state index contributed by atoms with van der Waals surface area (Å²) in [5.41, 5.74) is 0.153. The molecular weight excluding hydrogens is 252 g/mol. The first-order valence-electron chi connectivity index (χ1n) is 4.35. The number of nitrogens with zero attached hydrogens (tertiary/aromatic N) is 2. The van der Waals surface area contributed by atoms with Crippen molar-refractivity contribution in [2.75, 3.05) is 5.32 Å². The lowest BCUT2D eigenvalue weighted by atomic mass is 10.3. The molecule has 1 aromatic carbocycles. The third-order valence-electron chi connectivity index (χ3n) is 1.82. The average Bonchev–Trinajstić information content (AvgIpc) is 2.24. The van der Waals surface area contributed by atoms with E-state index < -0.39 is 5.82 Å². The van der Waals surface area contributed by atoms with Crippen molar-refractivity contribution in [2.45, 2.75) is 0 Å². The Hall–Kier alpha value is -1.39. The molecule has 82 valence electrons. The van der Waals surface area contributed by atoms with Gasteiger partial charge in [0.15, 0.2) is 5.82 Å². The number of anilines is 2. The fourth-order valence-electron chi connectivity index (χ4n) is 1.15. The van der Waals surface area contributed by atoms with E-state index in [1.54, 1.807) is 6.07 Å². The minimum absolute atomic E-state index is 0.153.